The number of thiophene rings is 1. The number of rotatable bonds is 3. The van der Waals surface area contributed by atoms with Gasteiger partial charge in [-0.2, -0.15) is 5.10 Å². The van der Waals surface area contributed by atoms with Crippen LogP contribution in [-0.4, -0.2) is 15.2 Å². The molecule has 2 N–H and O–H groups in total. The molecule has 0 aliphatic rings. The molecule has 4 rings (SSSR count). The van der Waals surface area contributed by atoms with E-state index in [1.807, 2.05) is 26.0 Å². The number of aromatic nitrogens is 3. The molecule has 112 valence electrons. The van der Waals surface area contributed by atoms with Crippen molar-refractivity contribution in [2.45, 2.75) is 20.4 Å². The maximum atomic E-state index is 6.33. The van der Waals surface area contributed by atoms with Gasteiger partial charge in [-0.15, -0.1) is 11.3 Å². The zero-order chi connectivity index (χ0) is 15.3. The van der Waals surface area contributed by atoms with Gasteiger partial charge in [0, 0.05) is 5.39 Å². The molecule has 5 nitrogen and oxygen atoms in total. The lowest BCUT2D eigenvalue weighted by Gasteiger charge is -2.02. The first-order chi connectivity index (χ1) is 10.6. The molecule has 0 unspecified atom stereocenters. The fourth-order valence-corrected chi connectivity index (χ4v) is 3.90. The molecule has 4 aromatic heterocycles. The molecule has 0 aliphatic heterocycles. The van der Waals surface area contributed by atoms with E-state index in [1.165, 1.54) is 0 Å². The van der Waals surface area contributed by atoms with Crippen LogP contribution in [0.4, 0.5) is 5.82 Å². The Hall–Kier alpha value is -2.05. The van der Waals surface area contributed by atoms with Gasteiger partial charge in [0.25, 0.3) is 0 Å². The lowest BCUT2D eigenvalue weighted by atomic mass is 10.1. The minimum absolute atomic E-state index is 0.591. The van der Waals surface area contributed by atoms with Gasteiger partial charge in [-0.3, -0.25) is 5.10 Å². The average Bonchev–Trinajstić information content (AvgIpc) is 3.19. The molecular weight excluding hydrogens is 320 g/mol. The number of hydrogen-bond acceptors (Lipinski definition) is 5. The van der Waals surface area contributed by atoms with E-state index >= 15 is 0 Å². The van der Waals surface area contributed by atoms with Gasteiger partial charge in [-0.25, -0.2) is 4.98 Å². The fraction of sp³-hybridized carbons (Fsp3) is 0.200. The summed E-state index contributed by atoms with van der Waals surface area (Å²) in [4.78, 5) is 5.57. The van der Waals surface area contributed by atoms with E-state index in [4.69, 9.17) is 16.0 Å². The highest BCUT2D eigenvalue weighted by Crippen LogP contribution is 2.39. The number of nitrogens with one attached hydrogen (secondary N) is 2. The van der Waals surface area contributed by atoms with Crippen molar-refractivity contribution in [2.75, 3.05) is 5.32 Å². The summed E-state index contributed by atoms with van der Waals surface area (Å²) in [5, 5.41) is 12.5. The monoisotopic (exact) mass is 332 g/mol. The number of anilines is 1. The Morgan fingerprint density at radius 3 is 3.05 bits per heavy atom. The van der Waals surface area contributed by atoms with Gasteiger partial charge in [-0.1, -0.05) is 11.6 Å². The van der Waals surface area contributed by atoms with Gasteiger partial charge < -0.3 is 9.73 Å². The van der Waals surface area contributed by atoms with Crippen molar-refractivity contribution in [1.29, 1.82) is 0 Å². The molecular formula is C15H13ClN4OS. The van der Waals surface area contributed by atoms with Crippen LogP contribution in [0, 0.1) is 13.8 Å². The predicted molar refractivity (Wildman–Crippen MR) is 89.8 cm³/mol. The van der Waals surface area contributed by atoms with Crippen molar-refractivity contribution in [3.8, 4) is 0 Å². The smallest absolute Gasteiger partial charge is 0.166 e. The molecule has 7 heteroatoms. The summed E-state index contributed by atoms with van der Waals surface area (Å²) in [6.07, 6.45) is 1.66. The molecule has 0 bridgehead atoms. The zero-order valence-corrected chi connectivity index (χ0v) is 13.6. The molecule has 0 aliphatic carbocycles. The molecule has 0 saturated heterocycles. The standard InChI is InChI=1S/C15H13ClN4OS/c1-7-10-12-13(22-15(10)18-8(2)11(7)16)14(20-19-12)17-6-9-4-3-5-21-9/h3-5H,6H2,1-2H3,(H2,17,19,20). The van der Waals surface area contributed by atoms with Crippen molar-refractivity contribution in [3.63, 3.8) is 0 Å². The normalized spacial score (nSPS) is 11.6. The summed E-state index contributed by atoms with van der Waals surface area (Å²) in [6, 6.07) is 3.80. The van der Waals surface area contributed by atoms with Crippen LogP contribution >= 0.6 is 22.9 Å². The molecule has 0 atom stereocenters. The van der Waals surface area contributed by atoms with Gasteiger partial charge in [0.15, 0.2) is 5.82 Å². The van der Waals surface area contributed by atoms with Crippen molar-refractivity contribution >= 4 is 49.2 Å². The highest BCUT2D eigenvalue weighted by Gasteiger charge is 2.18. The Morgan fingerprint density at radius 2 is 2.27 bits per heavy atom. The quantitative estimate of drug-likeness (QED) is 0.573. The van der Waals surface area contributed by atoms with Crippen molar-refractivity contribution in [2.24, 2.45) is 0 Å². The molecule has 22 heavy (non-hydrogen) atoms. The maximum Gasteiger partial charge on any atom is 0.166 e. The molecule has 0 radical (unpaired) electrons. The van der Waals surface area contributed by atoms with Crippen LogP contribution < -0.4 is 5.32 Å². The SMILES string of the molecule is Cc1nc2sc3c(NCc4ccco4)n[nH]c3c2c(C)c1Cl. The predicted octanol–water partition coefficient (Wildman–Crippen LogP) is 4.65. The summed E-state index contributed by atoms with van der Waals surface area (Å²) in [5.41, 5.74) is 2.87. The number of halogens is 1. The Balaban J connectivity index is 1.81. The Bertz CT molecular complexity index is 971. The summed E-state index contributed by atoms with van der Waals surface area (Å²) < 4.78 is 6.38. The van der Waals surface area contributed by atoms with Gasteiger partial charge in [0.2, 0.25) is 0 Å². The molecule has 4 heterocycles. The molecule has 4 aromatic rings. The number of fused-ring (bicyclic) bond motifs is 3. The van der Waals surface area contributed by atoms with Crippen LogP contribution in [0.1, 0.15) is 17.0 Å². The van der Waals surface area contributed by atoms with Crippen LogP contribution in [0.2, 0.25) is 5.02 Å². The van der Waals surface area contributed by atoms with Gasteiger partial charge in [0.05, 0.1) is 33.7 Å². The van der Waals surface area contributed by atoms with E-state index in [0.29, 0.717) is 11.6 Å². The van der Waals surface area contributed by atoms with Gasteiger partial charge in [-0.05, 0) is 31.5 Å². The second-order valence-electron chi connectivity index (χ2n) is 5.13. The number of furan rings is 1. The second-order valence-corrected chi connectivity index (χ2v) is 6.50. The zero-order valence-electron chi connectivity index (χ0n) is 12.0. The number of pyridine rings is 1. The number of hydrogen-bond donors (Lipinski definition) is 2. The minimum atomic E-state index is 0.591. The van der Waals surface area contributed by atoms with Crippen molar-refractivity contribution in [3.05, 3.63) is 40.4 Å². The first-order valence-corrected chi connectivity index (χ1v) is 8.04. The van der Waals surface area contributed by atoms with Crippen LogP contribution in [0.3, 0.4) is 0 Å². The van der Waals surface area contributed by atoms with Gasteiger partial charge >= 0.3 is 0 Å². The first-order valence-electron chi connectivity index (χ1n) is 6.84. The van der Waals surface area contributed by atoms with Crippen molar-refractivity contribution < 1.29 is 4.42 Å². The molecule has 0 amide bonds. The second kappa shape index (κ2) is 5.00. The highest BCUT2D eigenvalue weighted by molar-refractivity contribution is 7.26. The average molecular weight is 333 g/mol. The summed E-state index contributed by atoms with van der Waals surface area (Å²) in [5.74, 6) is 1.67. The lowest BCUT2D eigenvalue weighted by molar-refractivity contribution is 0.518. The van der Waals surface area contributed by atoms with Crippen LogP contribution in [-0.2, 0) is 6.54 Å². The summed E-state index contributed by atoms with van der Waals surface area (Å²) in [6.45, 7) is 4.53. The third-order valence-corrected chi connectivity index (χ3v) is 5.33. The maximum absolute atomic E-state index is 6.33. The number of aromatic amines is 1. The third kappa shape index (κ3) is 1.99. The molecule has 0 spiro atoms. The minimum Gasteiger partial charge on any atom is -0.467 e. The van der Waals surface area contributed by atoms with E-state index in [-0.39, 0.29) is 0 Å². The van der Waals surface area contributed by atoms with Crippen LogP contribution in [0.25, 0.3) is 20.4 Å². The number of nitrogens with zero attached hydrogens (tertiary/aromatic N) is 2. The molecule has 0 aromatic carbocycles. The Labute approximate surface area is 135 Å². The highest BCUT2D eigenvalue weighted by atomic mass is 35.5. The summed E-state index contributed by atoms with van der Waals surface area (Å²) in [7, 11) is 0. The molecule has 0 fully saturated rings. The van der Waals surface area contributed by atoms with Gasteiger partial charge in [0.1, 0.15) is 10.6 Å². The largest absolute Gasteiger partial charge is 0.467 e. The fourth-order valence-electron chi connectivity index (χ4n) is 2.57. The van der Waals surface area contributed by atoms with Crippen LogP contribution in [0.5, 0.6) is 0 Å². The summed E-state index contributed by atoms with van der Waals surface area (Å²) >= 11 is 7.94. The van der Waals surface area contributed by atoms with E-state index in [1.54, 1.807) is 17.6 Å². The van der Waals surface area contributed by atoms with Crippen LogP contribution in [0.15, 0.2) is 22.8 Å². The lowest BCUT2D eigenvalue weighted by Crippen LogP contribution is -1.98. The topological polar surface area (TPSA) is 66.7 Å². The van der Waals surface area contributed by atoms with Crippen molar-refractivity contribution in [1.82, 2.24) is 15.2 Å². The number of aryl methyl sites for hydroxylation is 2. The van der Waals surface area contributed by atoms with E-state index in [9.17, 15) is 0 Å². The van der Waals surface area contributed by atoms with E-state index in [0.717, 1.165) is 43.3 Å². The Morgan fingerprint density at radius 1 is 1.41 bits per heavy atom. The third-order valence-electron chi connectivity index (χ3n) is 3.69. The number of H-pyrrole nitrogens is 1. The first kappa shape index (κ1) is 13.6. The molecule has 0 saturated carbocycles. The van der Waals surface area contributed by atoms with E-state index in [2.05, 4.69) is 20.5 Å². The Kier molecular flexibility index (Phi) is 3.09. The van der Waals surface area contributed by atoms with E-state index < -0.39 is 0 Å².